The summed E-state index contributed by atoms with van der Waals surface area (Å²) in [5.41, 5.74) is 0. The summed E-state index contributed by atoms with van der Waals surface area (Å²) in [5, 5.41) is 3.20. The summed E-state index contributed by atoms with van der Waals surface area (Å²) in [6.07, 6.45) is 1.85. The highest BCUT2D eigenvalue weighted by Crippen LogP contribution is 2.18. The second-order valence-corrected chi connectivity index (χ2v) is 5.42. The molecule has 2 rings (SSSR count). The summed E-state index contributed by atoms with van der Waals surface area (Å²) in [5.74, 6) is 1.40. The molecule has 4 nitrogen and oxygen atoms in total. The lowest BCUT2D eigenvalue weighted by atomic mass is 9.97. The van der Waals surface area contributed by atoms with E-state index < -0.39 is 6.10 Å². The van der Waals surface area contributed by atoms with Gasteiger partial charge in [-0.15, -0.1) is 12.4 Å². The van der Waals surface area contributed by atoms with E-state index in [1.54, 1.807) is 0 Å². The Hall–Kier alpha value is -1.26. The molecule has 1 saturated heterocycles. The van der Waals surface area contributed by atoms with Crippen molar-refractivity contribution in [3.05, 3.63) is 30.3 Å². The third kappa shape index (κ3) is 5.21. The number of nitrogens with zero attached hydrogens (tertiary/aromatic N) is 1. The van der Waals surface area contributed by atoms with Gasteiger partial charge >= 0.3 is 0 Å². The maximum Gasteiger partial charge on any atom is 0.263 e. The van der Waals surface area contributed by atoms with E-state index in [0.717, 1.165) is 31.8 Å². The zero-order valence-corrected chi connectivity index (χ0v) is 13.6. The van der Waals surface area contributed by atoms with Crippen molar-refractivity contribution < 1.29 is 9.53 Å². The molecule has 1 heterocycles. The second kappa shape index (κ2) is 8.90. The summed E-state index contributed by atoms with van der Waals surface area (Å²) in [6, 6.07) is 9.52. The van der Waals surface area contributed by atoms with Gasteiger partial charge in [0.15, 0.2) is 6.10 Å². The molecule has 1 amide bonds. The molecule has 1 N–H and O–H groups in total. The monoisotopic (exact) mass is 312 g/mol. The van der Waals surface area contributed by atoms with Gasteiger partial charge in [0.25, 0.3) is 5.91 Å². The van der Waals surface area contributed by atoms with Gasteiger partial charge in [-0.1, -0.05) is 18.2 Å². The van der Waals surface area contributed by atoms with E-state index >= 15 is 0 Å². The Morgan fingerprint density at radius 3 is 2.81 bits per heavy atom. The first-order chi connectivity index (χ1) is 9.70. The number of hydrogen-bond acceptors (Lipinski definition) is 3. The topological polar surface area (TPSA) is 41.6 Å². The molecule has 5 heteroatoms. The number of nitrogens with one attached hydrogen (secondary N) is 1. The number of para-hydroxylation sites is 1. The van der Waals surface area contributed by atoms with Crippen LogP contribution in [-0.2, 0) is 4.79 Å². The van der Waals surface area contributed by atoms with Gasteiger partial charge in [-0.25, -0.2) is 0 Å². The fourth-order valence-electron chi connectivity index (χ4n) is 2.73. The van der Waals surface area contributed by atoms with Crippen molar-refractivity contribution in [2.75, 3.05) is 26.7 Å². The molecule has 0 saturated carbocycles. The number of halogens is 1. The molecular weight excluding hydrogens is 288 g/mol. The number of benzene rings is 1. The number of rotatable bonds is 5. The minimum atomic E-state index is -0.425. The first-order valence-electron chi connectivity index (χ1n) is 7.36. The van der Waals surface area contributed by atoms with E-state index in [-0.39, 0.29) is 18.3 Å². The Labute approximate surface area is 133 Å². The normalized spacial score (nSPS) is 19.5. The average Bonchev–Trinajstić information content (AvgIpc) is 2.48. The molecule has 21 heavy (non-hydrogen) atoms. The van der Waals surface area contributed by atoms with E-state index in [1.165, 1.54) is 6.42 Å². The Kier molecular flexibility index (Phi) is 7.54. The van der Waals surface area contributed by atoms with Crippen LogP contribution in [0.5, 0.6) is 5.75 Å². The Morgan fingerprint density at radius 2 is 2.14 bits per heavy atom. The fraction of sp³-hybridized carbons (Fsp3) is 0.562. The lowest BCUT2D eigenvalue weighted by Gasteiger charge is -2.34. The molecule has 1 aromatic carbocycles. The molecule has 0 aliphatic carbocycles. The number of ether oxygens (including phenoxy) is 1. The summed E-state index contributed by atoms with van der Waals surface area (Å²) < 4.78 is 5.72. The Morgan fingerprint density at radius 1 is 1.43 bits per heavy atom. The SMILES string of the molecule is CNCC1CCCN(C(=O)C(C)Oc2ccccc2)C1.Cl. The van der Waals surface area contributed by atoms with E-state index in [4.69, 9.17) is 4.74 Å². The molecule has 0 bridgehead atoms. The quantitative estimate of drug-likeness (QED) is 0.907. The third-order valence-corrected chi connectivity index (χ3v) is 3.73. The molecule has 1 fully saturated rings. The highest BCUT2D eigenvalue weighted by atomic mass is 35.5. The number of amides is 1. The van der Waals surface area contributed by atoms with Gasteiger partial charge in [-0.2, -0.15) is 0 Å². The summed E-state index contributed by atoms with van der Waals surface area (Å²) in [4.78, 5) is 14.4. The smallest absolute Gasteiger partial charge is 0.263 e. The standard InChI is InChI=1S/C16H24N2O2.ClH/c1-13(20-15-8-4-3-5-9-15)16(19)18-10-6-7-14(12-18)11-17-2;/h3-5,8-9,13-14,17H,6-7,10-12H2,1-2H3;1H. The van der Waals surface area contributed by atoms with Crippen molar-refractivity contribution in [2.45, 2.75) is 25.9 Å². The van der Waals surface area contributed by atoms with Crippen LogP contribution in [0, 0.1) is 5.92 Å². The van der Waals surface area contributed by atoms with Crippen LogP contribution in [0.1, 0.15) is 19.8 Å². The van der Waals surface area contributed by atoms with Gasteiger partial charge in [0.05, 0.1) is 0 Å². The molecule has 0 spiro atoms. The molecule has 1 aliphatic heterocycles. The lowest BCUT2D eigenvalue weighted by Crippen LogP contribution is -2.47. The number of piperidine rings is 1. The number of likely N-dealkylation sites (tertiary alicyclic amines) is 1. The minimum Gasteiger partial charge on any atom is -0.481 e. The van der Waals surface area contributed by atoms with Gasteiger partial charge in [0.1, 0.15) is 5.75 Å². The van der Waals surface area contributed by atoms with Gasteiger partial charge in [0.2, 0.25) is 0 Å². The number of carbonyl (C=O) groups is 1. The maximum atomic E-state index is 12.4. The van der Waals surface area contributed by atoms with Crippen molar-refractivity contribution in [2.24, 2.45) is 5.92 Å². The van der Waals surface area contributed by atoms with Crippen molar-refractivity contribution in [1.82, 2.24) is 10.2 Å². The molecule has 2 unspecified atom stereocenters. The predicted molar refractivity (Wildman–Crippen MR) is 87.0 cm³/mol. The molecule has 1 aromatic rings. The van der Waals surface area contributed by atoms with E-state index in [9.17, 15) is 4.79 Å². The van der Waals surface area contributed by atoms with Gasteiger partial charge in [0, 0.05) is 13.1 Å². The molecule has 0 aromatic heterocycles. The largest absolute Gasteiger partial charge is 0.481 e. The van der Waals surface area contributed by atoms with E-state index in [1.807, 2.05) is 49.2 Å². The van der Waals surface area contributed by atoms with Crippen LogP contribution in [0.4, 0.5) is 0 Å². The molecule has 1 aliphatic rings. The highest BCUT2D eigenvalue weighted by molar-refractivity contribution is 5.85. The van der Waals surface area contributed by atoms with Crippen LogP contribution in [0.25, 0.3) is 0 Å². The summed E-state index contributed by atoms with van der Waals surface area (Å²) >= 11 is 0. The minimum absolute atomic E-state index is 0. The molecular formula is C16H25ClN2O2. The zero-order chi connectivity index (χ0) is 14.4. The first-order valence-corrected chi connectivity index (χ1v) is 7.36. The van der Waals surface area contributed by atoms with Crippen LogP contribution >= 0.6 is 12.4 Å². The third-order valence-electron chi connectivity index (χ3n) is 3.73. The van der Waals surface area contributed by atoms with E-state index in [0.29, 0.717) is 5.92 Å². The Balaban J connectivity index is 0.00000220. The van der Waals surface area contributed by atoms with Gasteiger partial charge in [-0.3, -0.25) is 4.79 Å². The van der Waals surface area contributed by atoms with Gasteiger partial charge < -0.3 is 15.0 Å². The van der Waals surface area contributed by atoms with Crippen molar-refractivity contribution >= 4 is 18.3 Å². The molecule has 0 radical (unpaired) electrons. The summed E-state index contributed by atoms with van der Waals surface area (Å²) in [7, 11) is 1.96. The van der Waals surface area contributed by atoms with Crippen molar-refractivity contribution in [3.63, 3.8) is 0 Å². The summed E-state index contributed by atoms with van der Waals surface area (Å²) in [6.45, 7) is 4.48. The Bertz CT molecular complexity index is 426. The first kappa shape index (κ1) is 17.8. The van der Waals surface area contributed by atoms with E-state index in [2.05, 4.69) is 5.32 Å². The average molecular weight is 313 g/mol. The molecule has 118 valence electrons. The van der Waals surface area contributed by atoms with Crippen molar-refractivity contribution in [1.29, 1.82) is 0 Å². The fourth-order valence-corrected chi connectivity index (χ4v) is 2.73. The van der Waals surface area contributed by atoms with Crippen LogP contribution < -0.4 is 10.1 Å². The van der Waals surface area contributed by atoms with Crippen LogP contribution in [-0.4, -0.2) is 43.6 Å². The van der Waals surface area contributed by atoms with Gasteiger partial charge in [-0.05, 0) is 51.4 Å². The molecule has 2 atom stereocenters. The lowest BCUT2D eigenvalue weighted by molar-refractivity contribution is -0.139. The van der Waals surface area contributed by atoms with Crippen LogP contribution in [0.15, 0.2) is 30.3 Å². The van der Waals surface area contributed by atoms with Crippen LogP contribution in [0.2, 0.25) is 0 Å². The number of carbonyl (C=O) groups excluding carboxylic acids is 1. The maximum absolute atomic E-state index is 12.4. The number of hydrogen-bond donors (Lipinski definition) is 1. The second-order valence-electron chi connectivity index (χ2n) is 5.42. The predicted octanol–water partition coefficient (Wildman–Crippen LogP) is 2.33. The van der Waals surface area contributed by atoms with Crippen molar-refractivity contribution in [3.8, 4) is 5.75 Å². The zero-order valence-electron chi connectivity index (χ0n) is 12.7. The van der Waals surface area contributed by atoms with Crippen LogP contribution in [0.3, 0.4) is 0 Å². The highest BCUT2D eigenvalue weighted by Gasteiger charge is 2.27.